The van der Waals surface area contributed by atoms with Crippen LogP contribution in [0.25, 0.3) is 45.1 Å². The number of nitro groups is 1. The van der Waals surface area contributed by atoms with Crippen LogP contribution < -0.4 is 5.56 Å². The molecule has 8 nitrogen and oxygen atoms in total. The van der Waals surface area contributed by atoms with Gasteiger partial charge < -0.3 is 4.98 Å². The number of fused-ring (bicyclic) bond motifs is 1. The molecule has 0 spiro atoms. The highest BCUT2D eigenvalue weighted by Crippen LogP contribution is 2.32. The van der Waals surface area contributed by atoms with E-state index in [4.69, 9.17) is 5.10 Å². The van der Waals surface area contributed by atoms with Crippen molar-refractivity contribution in [2.75, 3.05) is 0 Å². The molecular weight excluding hydrogens is 516 g/mol. The number of benzene rings is 4. The normalized spacial score (nSPS) is 11.2. The Labute approximate surface area is 234 Å². The van der Waals surface area contributed by atoms with Crippen LogP contribution in [0.15, 0.2) is 126 Å². The fourth-order valence-corrected chi connectivity index (χ4v) is 4.83. The van der Waals surface area contributed by atoms with Crippen LogP contribution in [0.5, 0.6) is 0 Å². The third-order valence-corrected chi connectivity index (χ3v) is 6.74. The van der Waals surface area contributed by atoms with E-state index in [0.717, 1.165) is 11.3 Å². The molecule has 0 aliphatic rings. The molecule has 0 aliphatic heterocycles. The zero-order valence-electron chi connectivity index (χ0n) is 21.6. The third-order valence-electron chi connectivity index (χ3n) is 6.74. The van der Waals surface area contributed by atoms with Crippen LogP contribution in [0.3, 0.4) is 0 Å². The predicted octanol–water partition coefficient (Wildman–Crippen LogP) is 6.85. The Hall–Kier alpha value is -5.89. The van der Waals surface area contributed by atoms with Crippen LogP contribution in [-0.4, -0.2) is 25.5 Å². The number of hydrogen-bond acceptors (Lipinski definition) is 5. The average molecular weight is 539 g/mol. The van der Waals surface area contributed by atoms with Crippen LogP contribution in [0.2, 0.25) is 0 Å². The van der Waals surface area contributed by atoms with E-state index in [1.807, 2.05) is 72.9 Å². The lowest BCUT2D eigenvalue weighted by Crippen LogP contribution is -2.18. The van der Waals surface area contributed by atoms with Crippen molar-refractivity contribution in [3.63, 3.8) is 0 Å². The Bertz CT molecular complexity index is 1990. The standard InChI is InChI=1S/C33H22N4O4/c38-29(19-16-24-21-36(25-14-8-3-9-15-25)35-32(24)23-12-6-2-7-13-23)31-30(22-10-4-1-5-11-22)27-20-26(37(40)41)17-18-28(27)34-33(31)39/h1-21H,(H,34,39). The monoisotopic (exact) mass is 538 g/mol. The van der Waals surface area contributed by atoms with Gasteiger partial charge in [0.2, 0.25) is 0 Å². The van der Waals surface area contributed by atoms with Gasteiger partial charge in [0.05, 0.1) is 21.9 Å². The number of ketones is 1. The molecule has 0 saturated heterocycles. The Kier molecular flexibility index (Phi) is 6.63. The summed E-state index contributed by atoms with van der Waals surface area (Å²) >= 11 is 0. The summed E-state index contributed by atoms with van der Waals surface area (Å²) in [6, 6.07) is 32.3. The minimum absolute atomic E-state index is 0.0999. The zero-order chi connectivity index (χ0) is 28.3. The van der Waals surface area contributed by atoms with Gasteiger partial charge in [-0.25, -0.2) is 4.68 Å². The van der Waals surface area contributed by atoms with Crippen molar-refractivity contribution in [1.29, 1.82) is 0 Å². The summed E-state index contributed by atoms with van der Waals surface area (Å²) in [7, 11) is 0. The van der Waals surface area contributed by atoms with Gasteiger partial charge in [0, 0.05) is 45.9 Å². The SMILES string of the molecule is O=C(C=Cc1cn(-c2ccccc2)nc1-c1ccccc1)c1c(-c2ccccc2)c2cc([N+](=O)[O-])ccc2[nH]c1=O. The molecule has 2 heterocycles. The number of aromatic amines is 1. The molecule has 0 fully saturated rings. The summed E-state index contributed by atoms with van der Waals surface area (Å²) < 4.78 is 1.74. The number of H-pyrrole nitrogens is 1. The van der Waals surface area contributed by atoms with Crippen LogP contribution >= 0.6 is 0 Å². The number of nitrogens with one attached hydrogen (secondary N) is 1. The van der Waals surface area contributed by atoms with E-state index in [1.165, 1.54) is 24.3 Å². The molecule has 1 N–H and O–H groups in total. The predicted molar refractivity (Wildman–Crippen MR) is 159 cm³/mol. The number of nitrogens with zero attached hydrogens (tertiary/aromatic N) is 3. The summed E-state index contributed by atoms with van der Waals surface area (Å²) in [5.41, 5.74) is 3.60. The van der Waals surface area contributed by atoms with Crippen molar-refractivity contribution in [1.82, 2.24) is 14.8 Å². The molecule has 0 radical (unpaired) electrons. The zero-order valence-corrected chi connectivity index (χ0v) is 21.6. The number of hydrogen-bond donors (Lipinski definition) is 1. The first kappa shape index (κ1) is 25.4. The van der Waals surface area contributed by atoms with E-state index in [0.29, 0.717) is 33.3 Å². The third kappa shape index (κ3) is 4.97. The second kappa shape index (κ2) is 10.7. The van der Waals surface area contributed by atoms with Gasteiger partial charge >= 0.3 is 0 Å². The highest BCUT2D eigenvalue weighted by atomic mass is 16.6. The molecule has 6 aromatic rings. The van der Waals surface area contributed by atoms with E-state index in [2.05, 4.69) is 4.98 Å². The molecule has 8 heteroatoms. The molecule has 6 rings (SSSR count). The number of non-ortho nitro benzene ring substituents is 1. The Morgan fingerprint density at radius 3 is 2.15 bits per heavy atom. The number of allylic oxidation sites excluding steroid dienone is 1. The van der Waals surface area contributed by atoms with Gasteiger partial charge in [-0.2, -0.15) is 5.10 Å². The molecule has 0 atom stereocenters. The molecule has 0 unspecified atom stereocenters. The maximum Gasteiger partial charge on any atom is 0.270 e. The Balaban J connectivity index is 1.50. The first-order valence-corrected chi connectivity index (χ1v) is 12.8. The highest BCUT2D eigenvalue weighted by Gasteiger charge is 2.21. The van der Waals surface area contributed by atoms with Gasteiger partial charge in [-0.05, 0) is 35.9 Å². The number of rotatable bonds is 7. The van der Waals surface area contributed by atoms with E-state index in [1.54, 1.807) is 35.0 Å². The van der Waals surface area contributed by atoms with Gasteiger partial charge in [-0.15, -0.1) is 0 Å². The molecule has 0 aliphatic carbocycles. The topological polar surface area (TPSA) is 111 Å². The smallest absolute Gasteiger partial charge is 0.270 e. The second-order valence-corrected chi connectivity index (χ2v) is 9.33. The lowest BCUT2D eigenvalue weighted by atomic mass is 9.93. The highest BCUT2D eigenvalue weighted by molar-refractivity contribution is 6.15. The fraction of sp³-hybridized carbons (Fsp3) is 0. The summed E-state index contributed by atoms with van der Waals surface area (Å²) in [5.74, 6) is -0.537. The van der Waals surface area contributed by atoms with Gasteiger partial charge in [-0.3, -0.25) is 19.7 Å². The van der Waals surface area contributed by atoms with Crippen molar-refractivity contribution in [3.8, 4) is 28.1 Å². The largest absolute Gasteiger partial charge is 0.321 e. The van der Waals surface area contributed by atoms with Crippen LogP contribution in [0.4, 0.5) is 5.69 Å². The van der Waals surface area contributed by atoms with Gasteiger partial charge in [0.15, 0.2) is 5.78 Å². The van der Waals surface area contributed by atoms with Crippen molar-refractivity contribution < 1.29 is 9.72 Å². The number of nitro benzene ring substituents is 1. The van der Waals surface area contributed by atoms with Crippen molar-refractivity contribution >= 4 is 28.4 Å². The minimum Gasteiger partial charge on any atom is -0.321 e. The molecule has 4 aromatic carbocycles. The number of carbonyl (C=O) groups is 1. The van der Waals surface area contributed by atoms with Crippen molar-refractivity contribution in [2.45, 2.75) is 0 Å². The molecule has 0 bridgehead atoms. The maximum atomic E-state index is 13.8. The lowest BCUT2D eigenvalue weighted by molar-refractivity contribution is -0.384. The van der Waals surface area contributed by atoms with E-state index >= 15 is 0 Å². The molecule has 2 aromatic heterocycles. The van der Waals surface area contributed by atoms with E-state index < -0.39 is 16.3 Å². The van der Waals surface area contributed by atoms with E-state index in [9.17, 15) is 19.7 Å². The second-order valence-electron chi connectivity index (χ2n) is 9.33. The van der Waals surface area contributed by atoms with Crippen molar-refractivity contribution in [2.24, 2.45) is 0 Å². The molecule has 0 saturated carbocycles. The lowest BCUT2D eigenvalue weighted by Gasteiger charge is -2.11. The van der Waals surface area contributed by atoms with Crippen LogP contribution in [0, 0.1) is 10.1 Å². The summed E-state index contributed by atoms with van der Waals surface area (Å²) in [4.78, 5) is 40.8. The molecule has 198 valence electrons. The summed E-state index contributed by atoms with van der Waals surface area (Å²) in [5, 5.41) is 16.7. The van der Waals surface area contributed by atoms with E-state index in [-0.39, 0.29) is 11.3 Å². The summed E-state index contributed by atoms with van der Waals surface area (Å²) in [6.07, 6.45) is 4.81. The number of para-hydroxylation sites is 1. The van der Waals surface area contributed by atoms with Gasteiger partial charge in [0.25, 0.3) is 11.2 Å². The summed E-state index contributed by atoms with van der Waals surface area (Å²) in [6.45, 7) is 0. The van der Waals surface area contributed by atoms with Crippen molar-refractivity contribution in [3.05, 3.63) is 153 Å². The average Bonchev–Trinajstić information content (AvgIpc) is 3.44. The van der Waals surface area contributed by atoms with Crippen LogP contribution in [0.1, 0.15) is 15.9 Å². The van der Waals surface area contributed by atoms with Crippen LogP contribution in [-0.2, 0) is 0 Å². The Morgan fingerprint density at radius 2 is 1.49 bits per heavy atom. The fourth-order valence-electron chi connectivity index (χ4n) is 4.83. The molecule has 0 amide bonds. The first-order chi connectivity index (χ1) is 20.0. The first-order valence-electron chi connectivity index (χ1n) is 12.8. The van der Waals surface area contributed by atoms with Gasteiger partial charge in [-0.1, -0.05) is 78.9 Å². The maximum absolute atomic E-state index is 13.8. The molecular formula is C33H22N4O4. The minimum atomic E-state index is -0.580. The molecule has 41 heavy (non-hydrogen) atoms. The van der Waals surface area contributed by atoms with Gasteiger partial charge in [0.1, 0.15) is 0 Å². The number of pyridine rings is 1. The quantitative estimate of drug-likeness (QED) is 0.103. The number of carbonyl (C=O) groups excluding carboxylic acids is 1. The Morgan fingerprint density at radius 1 is 0.854 bits per heavy atom. The number of aromatic nitrogens is 3.